The summed E-state index contributed by atoms with van der Waals surface area (Å²) in [4.78, 5) is 26.4. The second kappa shape index (κ2) is 7.37. The van der Waals surface area contributed by atoms with Crippen LogP contribution in [0.3, 0.4) is 0 Å². The predicted octanol–water partition coefficient (Wildman–Crippen LogP) is 3.88. The number of rotatable bonds is 6. The maximum absolute atomic E-state index is 13.1. The van der Waals surface area contributed by atoms with Gasteiger partial charge in [-0.3, -0.25) is 9.59 Å². The predicted molar refractivity (Wildman–Crippen MR) is 92.4 cm³/mol. The monoisotopic (exact) mass is 329 g/mol. The van der Waals surface area contributed by atoms with Crippen LogP contribution in [0.25, 0.3) is 0 Å². The lowest BCUT2D eigenvalue weighted by Crippen LogP contribution is -2.42. The lowest BCUT2D eigenvalue weighted by molar-refractivity contribution is -0.142. The Morgan fingerprint density at radius 1 is 1.12 bits per heavy atom. The third kappa shape index (κ3) is 3.63. The molecule has 0 heterocycles. The highest BCUT2D eigenvalue weighted by atomic mass is 16.4. The van der Waals surface area contributed by atoms with Gasteiger partial charge in [0.1, 0.15) is 0 Å². The lowest BCUT2D eigenvalue weighted by Gasteiger charge is -2.37. The molecular weight excluding hydrogens is 302 g/mol. The largest absolute Gasteiger partial charge is 0.481 e. The Labute approximate surface area is 143 Å². The fraction of sp³-hybridized carbons (Fsp3) is 0.600. The van der Waals surface area contributed by atoms with Crippen molar-refractivity contribution in [1.29, 1.82) is 0 Å². The van der Waals surface area contributed by atoms with Gasteiger partial charge in [0.2, 0.25) is 5.91 Å². The third-order valence-electron chi connectivity index (χ3n) is 5.84. The summed E-state index contributed by atoms with van der Waals surface area (Å²) in [6.45, 7) is 2.90. The highest BCUT2D eigenvalue weighted by molar-refractivity contribution is 5.81. The van der Waals surface area contributed by atoms with Crippen molar-refractivity contribution in [3.63, 3.8) is 0 Å². The molecule has 0 bridgehead atoms. The first-order valence-corrected chi connectivity index (χ1v) is 9.14. The summed E-state index contributed by atoms with van der Waals surface area (Å²) < 4.78 is 0. The second-order valence-electron chi connectivity index (χ2n) is 7.42. The van der Waals surface area contributed by atoms with Gasteiger partial charge in [-0.1, -0.05) is 36.8 Å². The third-order valence-corrected chi connectivity index (χ3v) is 5.84. The molecule has 3 atom stereocenters. The van der Waals surface area contributed by atoms with Crippen LogP contribution in [0.4, 0.5) is 0 Å². The zero-order valence-electron chi connectivity index (χ0n) is 14.4. The minimum absolute atomic E-state index is 0.0446. The van der Waals surface area contributed by atoms with Gasteiger partial charge in [-0.15, -0.1) is 0 Å². The molecule has 0 radical (unpaired) electrons. The molecule has 0 aliphatic heterocycles. The van der Waals surface area contributed by atoms with E-state index in [1.54, 1.807) is 0 Å². The van der Waals surface area contributed by atoms with Gasteiger partial charge in [0.25, 0.3) is 0 Å². The van der Waals surface area contributed by atoms with Crippen LogP contribution in [-0.4, -0.2) is 28.4 Å². The molecule has 2 saturated carbocycles. The summed E-state index contributed by atoms with van der Waals surface area (Å²) in [5, 5.41) is 9.21. The summed E-state index contributed by atoms with van der Waals surface area (Å²) in [7, 11) is 0. The van der Waals surface area contributed by atoms with Crippen molar-refractivity contribution in [2.24, 2.45) is 17.8 Å². The summed E-state index contributed by atoms with van der Waals surface area (Å²) in [6.07, 6.45) is 5.50. The van der Waals surface area contributed by atoms with Crippen molar-refractivity contribution in [1.82, 2.24) is 4.90 Å². The van der Waals surface area contributed by atoms with E-state index in [4.69, 9.17) is 0 Å². The fourth-order valence-corrected chi connectivity index (χ4v) is 3.97. The van der Waals surface area contributed by atoms with E-state index >= 15 is 0 Å². The van der Waals surface area contributed by atoms with E-state index < -0.39 is 5.97 Å². The molecule has 0 aromatic heterocycles. The maximum atomic E-state index is 13.1. The summed E-state index contributed by atoms with van der Waals surface area (Å²) in [6, 6.07) is 10.2. The molecule has 3 rings (SSSR count). The number of hydrogen-bond acceptors (Lipinski definition) is 2. The number of carboxylic acid groups (broad SMARTS) is 1. The molecule has 2 aliphatic carbocycles. The number of benzene rings is 1. The normalized spacial score (nSPS) is 25.0. The molecule has 2 fully saturated rings. The molecule has 1 N–H and O–H groups in total. The van der Waals surface area contributed by atoms with Gasteiger partial charge in [0.05, 0.1) is 12.0 Å². The van der Waals surface area contributed by atoms with Crippen molar-refractivity contribution in [2.45, 2.75) is 51.5 Å². The van der Waals surface area contributed by atoms with Crippen molar-refractivity contribution in [3.05, 3.63) is 35.9 Å². The maximum Gasteiger partial charge on any atom is 0.306 e. The first kappa shape index (κ1) is 17.0. The lowest BCUT2D eigenvalue weighted by atomic mass is 9.84. The van der Waals surface area contributed by atoms with Crippen LogP contribution < -0.4 is 0 Å². The zero-order chi connectivity index (χ0) is 17.1. The van der Waals surface area contributed by atoms with Gasteiger partial charge in [-0.2, -0.15) is 0 Å². The number of carboxylic acids is 1. The van der Waals surface area contributed by atoms with Gasteiger partial charge in [-0.25, -0.2) is 0 Å². The van der Waals surface area contributed by atoms with E-state index in [9.17, 15) is 14.7 Å². The molecule has 1 amide bonds. The number of carbonyl (C=O) groups is 2. The minimum Gasteiger partial charge on any atom is -0.481 e. The van der Waals surface area contributed by atoms with Crippen molar-refractivity contribution < 1.29 is 14.7 Å². The Balaban J connectivity index is 1.74. The molecule has 2 aliphatic rings. The molecule has 130 valence electrons. The van der Waals surface area contributed by atoms with E-state index in [0.717, 1.165) is 12.1 Å². The molecule has 4 nitrogen and oxygen atoms in total. The average Bonchev–Trinajstić information content (AvgIpc) is 3.04. The molecule has 0 spiro atoms. The van der Waals surface area contributed by atoms with Crippen LogP contribution in [0, 0.1) is 17.8 Å². The van der Waals surface area contributed by atoms with E-state index in [1.807, 2.05) is 23.1 Å². The van der Waals surface area contributed by atoms with Crippen LogP contribution in [0.15, 0.2) is 30.3 Å². The average molecular weight is 329 g/mol. The van der Waals surface area contributed by atoms with Crippen LogP contribution in [0.5, 0.6) is 0 Å². The van der Waals surface area contributed by atoms with Crippen LogP contribution >= 0.6 is 0 Å². The Morgan fingerprint density at radius 2 is 1.79 bits per heavy atom. The van der Waals surface area contributed by atoms with E-state index in [0.29, 0.717) is 25.2 Å². The highest BCUT2D eigenvalue weighted by Gasteiger charge is 2.38. The SMILES string of the molecule is CC(c1ccccc1)N(CC1CCC1)C(=O)[C@@H]1CC[C@H](C(=O)O)C1. The molecule has 1 aromatic carbocycles. The molecule has 24 heavy (non-hydrogen) atoms. The van der Waals surface area contributed by atoms with Gasteiger partial charge < -0.3 is 10.0 Å². The summed E-state index contributed by atoms with van der Waals surface area (Å²) >= 11 is 0. The van der Waals surface area contributed by atoms with Crippen molar-refractivity contribution in [2.75, 3.05) is 6.54 Å². The highest BCUT2D eigenvalue weighted by Crippen LogP contribution is 2.36. The Kier molecular flexibility index (Phi) is 5.22. The van der Waals surface area contributed by atoms with Crippen molar-refractivity contribution in [3.8, 4) is 0 Å². The van der Waals surface area contributed by atoms with E-state index in [1.165, 1.54) is 19.3 Å². The van der Waals surface area contributed by atoms with Crippen LogP contribution in [0.2, 0.25) is 0 Å². The second-order valence-corrected chi connectivity index (χ2v) is 7.42. The van der Waals surface area contributed by atoms with Gasteiger partial charge in [-0.05, 0) is 50.5 Å². The number of aliphatic carboxylic acids is 1. The van der Waals surface area contributed by atoms with Gasteiger partial charge >= 0.3 is 5.97 Å². The molecule has 1 unspecified atom stereocenters. The molecular formula is C20H27NO3. The van der Waals surface area contributed by atoms with Gasteiger partial charge in [0, 0.05) is 12.5 Å². The van der Waals surface area contributed by atoms with Crippen LogP contribution in [0.1, 0.15) is 57.1 Å². The molecule has 0 saturated heterocycles. The number of hydrogen-bond donors (Lipinski definition) is 1. The molecule has 1 aromatic rings. The summed E-state index contributed by atoms with van der Waals surface area (Å²) in [5.41, 5.74) is 1.15. The topological polar surface area (TPSA) is 57.6 Å². The smallest absolute Gasteiger partial charge is 0.306 e. The van der Waals surface area contributed by atoms with Crippen LogP contribution in [-0.2, 0) is 9.59 Å². The first-order valence-electron chi connectivity index (χ1n) is 9.14. The first-order chi connectivity index (χ1) is 11.6. The summed E-state index contributed by atoms with van der Waals surface area (Å²) in [5.74, 6) is -0.473. The Morgan fingerprint density at radius 3 is 2.33 bits per heavy atom. The van der Waals surface area contributed by atoms with E-state index in [2.05, 4.69) is 19.1 Å². The number of amides is 1. The minimum atomic E-state index is -0.757. The quantitative estimate of drug-likeness (QED) is 0.862. The zero-order valence-corrected chi connectivity index (χ0v) is 14.4. The standard InChI is InChI=1S/C20H27NO3/c1-14(16-8-3-2-4-9-16)21(13-15-6-5-7-15)19(22)17-10-11-18(12-17)20(23)24/h2-4,8-9,14-15,17-18H,5-7,10-13H2,1H3,(H,23,24)/t14?,17-,18+/m1/s1. The van der Waals surface area contributed by atoms with E-state index in [-0.39, 0.29) is 23.8 Å². The Bertz CT molecular complexity index is 582. The molecule has 4 heteroatoms. The number of carbonyl (C=O) groups excluding carboxylic acids is 1. The Hall–Kier alpha value is -1.84. The number of nitrogens with zero attached hydrogens (tertiary/aromatic N) is 1. The van der Waals surface area contributed by atoms with Gasteiger partial charge in [0.15, 0.2) is 0 Å². The fourth-order valence-electron chi connectivity index (χ4n) is 3.97. The van der Waals surface area contributed by atoms with Crippen molar-refractivity contribution >= 4 is 11.9 Å².